The van der Waals surface area contributed by atoms with Crippen molar-refractivity contribution in [2.75, 3.05) is 26.8 Å². The van der Waals surface area contributed by atoms with Gasteiger partial charge in [-0.25, -0.2) is 13.1 Å². The summed E-state index contributed by atoms with van der Waals surface area (Å²) < 4.78 is 32.5. The van der Waals surface area contributed by atoms with Crippen LogP contribution in [0.15, 0.2) is 18.2 Å². The van der Waals surface area contributed by atoms with E-state index in [0.717, 1.165) is 19.4 Å². The maximum atomic E-state index is 12.3. The van der Waals surface area contributed by atoms with Gasteiger partial charge in [0.15, 0.2) is 0 Å². The normalized spacial score (nSPS) is 22.1. The van der Waals surface area contributed by atoms with Crippen LogP contribution in [0.2, 0.25) is 10.0 Å². The minimum atomic E-state index is -3.54. The Balaban J connectivity index is 2.05. The summed E-state index contributed by atoms with van der Waals surface area (Å²) in [5, 5.41) is 4.03. The van der Waals surface area contributed by atoms with Gasteiger partial charge in [0.2, 0.25) is 10.0 Å². The number of sulfonamides is 1. The third-order valence-corrected chi connectivity index (χ3v) is 5.74. The number of rotatable bonds is 7. The lowest BCUT2D eigenvalue weighted by Crippen LogP contribution is -2.53. The third-order valence-electron chi connectivity index (χ3n) is 3.78. The molecule has 1 aromatic carbocycles. The highest BCUT2D eigenvalue weighted by Crippen LogP contribution is 2.26. The predicted molar refractivity (Wildman–Crippen MR) is 88.9 cm³/mol. The highest BCUT2D eigenvalue weighted by atomic mass is 35.5. The van der Waals surface area contributed by atoms with Gasteiger partial charge in [0.1, 0.15) is 0 Å². The van der Waals surface area contributed by atoms with E-state index in [1.54, 1.807) is 25.3 Å². The molecule has 22 heavy (non-hydrogen) atoms. The summed E-state index contributed by atoms with van der Waals surface area (Å²) in [4.78, 5) is 0. The smallest absolute Gasteiger partial charge is 0.215 e. The molecule has 0 amide bonds. The first-order chi connectivity index (χ1) is 10.4. The van der Waals surface area contributed by atoms with E-state index in [1.807, 2.05) is 0 Å². The Labute approximate surface area is 141 Å². The van der Waals surface area contributed by atoms with Crippen molar-refractivity contribution in [1.29, 1.82) is 0 Å². The van der Waals surface area contributed by atoms with Crippen molar-refractivity contribution < 1.29 is 13.2 Å². The molecule has 0 spiro atoms. The summed E-state index contributed by atoms with van der Waals surface area (Å²) in [6.07, 6.45) is 1.87. The molecule has 2 N–H and O–H groups in total. The third kappa shape index (κ3) is 4.57. The molecular formula is C14H20Cl2N2O3S. The molecule has 1 aliphatic heterocycles. The minimum absolute atomic E-state index is 0.241. The average Bonchev–Trinajstić information content (AvgIpc) is 2.91. The number of ether oxygens (including phenoxy) is 1. The largest absolute Gasteiger partial charge is 0.383 e. The molecule has 124 valence electrons. The van der Waals surface area contributed by atoms with E-state index in [1.165, 1.54) is 0 Å². The molecule has 1 unspecified atom stereocenters. The number of nitrogens with one attached hydrogen (secondary N) is 2. The fraction of sp³-hybridized carbons (Fsp3) is 0.571. The van der Waals surface area contributed by atoms with Crippen LogP contribution >= 0.6 is 23.2 Å². The summed E-state index contributed by atoms with van der Waals surface area (Å²) in [6.45, 7) is 1.61. The molecule has 0 radical (unpaired) electrons. The van der Waals surface area contributed by atoms with Gasteiger partial charge in [-0.2, -0.15) is 0 Å². The van der Waals surface area contributed by atoms with Gasteiger partial charge in [-0.3, -0.25) is 0 Å². The van der Waals surface area contributed by atoms with Crippen LogP contribution in [0.5, 0.6) is 0 Å². The van der Waals surface area contributed by atoms with E-state index in [-0.39, 0.29) is 17.8 Å². The van der Waals surface area contributed by atoms with Crippen LogP contribution in [-0.2, 0) is 20.5 Å². The van der Waals surface area contributed by atoms with Crippen molar-refractivity contribution in [2.24, 2.45) is 0 Å². The van der Waals surface area contributed by atoms with Gasteiger partial charge < -0.3 is 10.1 Å². The summed E-state index contributed by atoms with van der Waals surface area (Å²) >= 11 is 12.1. The van der Waals surface area contributed by atoms with Crippen molar-refractivity contribution in [2.45, 2.75) is 24.1 Å². The molecule has 5 nitrogen and oxygen atoms in total. The van der Waals surface area contributed by atoms with Crippen LogP contribution in [0.3, 0.4) is 0 Å². The van der Waals surface area contributed by atoms with Crippen molar-refractivity contribution in [3.63, 3.8) is 0 Å². The standard InChI is InChI=1S/C14H20Cl2N2O3S/c1-21-10-14(6-3-7-17-14)9-18-22(19,20)8-11-12(15)4-2-5-13(11)16/h2,4-5,17-18H,3,6-10H2,1H3. The molecule has 1 heterocycles. The zero-order chi connectivity index (χ0) is 16.2. The maximum Gasteiger partial charge on any atom is 0.215 e. The number of hydrogen-bond donors (Lipinski definition) is 2. The fourth-order valence-electron chi connectivity index (χ4n) is 2.63. The summed E-state index contributed by atoms with van der Waals surface area (Å²) in [5.74, 6) is -0.241. The minimum Gasteiger partial charge on any atom is -0.383 e. The monoisotopic (exact) mass is 366 g/mol. The zero-order valence-electron chi connectivity index (χ0n) is 12.4. The topological polar surface area (TPSA) is 67.4 Å². The van der Waals surface area contributed by atoms with Gasteiger partial charge in [-0.05, 0) is 31.5 Å². The van der Waals surface area contributed by atoms with Gasteiger partial charge in [0.05, 0.1) is 17.9 Å². The predicted octanol–water partition coefficient (Wildman–Crippen LogP) is 2.18. The highest BCUT2D eigenvalue weighted by Gasteiger charge is 2.34. The molecule has 0 bridgehead atoms. The van der Waals surface area contributed by atoms with Crippen LogP contribution in [0.1, 0.15) is 18.4 Å². The molecule has 1 aliphatic rings. The molecule has 2 rings (SSSR count). The van der Waals surface area contributed by atoms with E-state index in [9.17, 15) is 8.42 Å². The second kappa shape index (κ2) is 7.47. The Morgan fingerprint density at radius 3 is 2.59 bits per heavy atom. The Morgan fingerprint density at radius 2 is 2.05 bits per heavy atom. The van der Waals surface area contributed by atoms with E-state index in [0.29, 0.717) is 22.2 Å². The summed E-state index contributed by atoms with van der Waals surface area (Å²) in [5.41, 5.74) is 0.0741. The Hall–Kier alpha value is -0.370. The molecule has 0 aromatic heterocycles. The fourth-order valence-corrected chi connectivity index (χ4v) is 4.61. The van der Waals surface area contributed by atoms with E-state index in [4.69, 9.17) is 27.9 Å². The van der Waals surface area contributed by atoms with Crippen molar-refractivity contribution >= 4 is 33.2 Å². The lowest BCUT2D eigenvalue weighted by Gasteiger charge is -2.28. The first-order valence-electron chi connectivity index (χ1n) is 7.02. The first kappa shape index (κ1) is 18.0. The summed E-state index contributed by atoms with van der Waals surface area (Å²) in [6, 6.07) is 4.94. The number of halogens is 2. The first-order valence-corrected chi connectivity index (χ1v) is 9.42. The second-order valence-electron chi connectivity index (χ2n) is 5.52. The lowest BCUT2D eigenvalue weighted by atomic mass is 9.99. The van der Waals surface area contributed by atoms with Crippen molar-refractivity contribution in [1.82, 2.24) is 10.0 Å². The molecule has 0 aliphatic carbocycles. The highest BCUT2D eigenvalue weighted by molar-refractivity contribution is 7.88. The van der Waals surface area contributed by atoms with Gasteiger partial charge in [0, 0.05) is 29.3 Å². The molecule has 1 atom stereocenters. The van der Waals surface area contributed by atoms with Crippen LogP contribution in [0, 0.1) is 0 Å². The molecule has 1 saturated heterocycles. The quantitative estimate of drug-likeness (QED) is 0.775. The Kier molecular flexibility index (Phi) is 6.10. The maximum absolute atomic E-state index is 12.3. The summed E-state index contributed by atoms with van der Waals surface area (Å²) in [7, 11) is -1.93. The van der Waals surface area contributed by atoms with Crippen LogP contribution in [0.4, 0.5) is 0 Å². The van der Waals surface area contributed by atoms with E-state index >= 15 is 0 Å². The molecule has 8 heteroatoms. The molecule has 1 fully saturated rings. The SMILES string of the molecule is COCC1(CNS(=O)(=O)Cc2c(Cl)cccc2Cl)CCCN1. The van der Waals surface area contributed by atoms with Gasteiger partial charge in [0.25, 0.3) is 0 Å². The van der Waals surface area contributed by atoms with Crippen molar-refractivity contribution in [3.8, 4) is 0 Å². The van der Waals surface area contributed by atoms with Crippen molar-refractivity contribution in [3.05, 3.63) is 33.8 Å². The van der Waals surface area contributed by atoms with Gasteiger partial charge in [-0.1, -0.05) is 29.3 Å². The number of hydrogen-bond acceptors (Lipinski definition) is 4. The second-order valence-corrected chi connectivity index (χ2v) is 8.15. The number of methoxy groups -OCH3 is 1. The van der Waals surface area contributed by atoms with Crippen LogP contribution < -0.4 is 10.0 Å². The van der Waals surface area contributed by atoms with E-state index in [2.05, 4.69) is 10.0 Å². The number of benzene rings is 1. The molecule has 1 aromatic rings. The van der Waals surface area contributed by atoms with Crippen LogP contribution in [0.25, 0.3) is 0 Å². The van der Waals surface area contributed by atoms with Gasteiger partial charge in [-0.15, -0.1) is 0 Å². The molecule has 0 saturated carbocycles. The Bertz CT molecular complexity index is 596. The average molecular weight is 367 g/mol. The van der Waals surface area contributed by atoms with Gasteiger partial charge >= 0.3 is 0 Å². The molecular weight excluding hydrogens is 347 g/mol. The van der Waals surface area contributed by atoms with Crippen LogP contribution in [-0.4, -0.2) is 40.8 Å². The van der Waals surface area contributed by atoms with E-state index < -0.39 is 10.0 Å². The lowest BCUT2D eigenvalue weighted by molar-refractivity contribution is 0.122. The zero-order valence-corrected chi connectivity index (χ0v) is 14.7. The Morgan fingerprint density at radius 1 is 1.36 bits per heavy atom.